The maximum absolute atomic E-state index is 13.7. The van der Waals surface area contributed by atoms with Gasteiger partial charge in [-0.3, -0.25) is 4.79 Å². The summed E-state index contributed by atoms with van der Waals surface area (Å²) in [6.45, 7) is 0.0855. The van der Waals surface area contributed by atoms with Crippen LogP contribution in [0.2, 0.25) is 0 Å². The van der Waals surface area contributed by atoms with Crippen molar-refractivity contribution < 1.29 is 23.0 Å². The number of carbonyl (C=O) groups is 1. The summed E-state index contributed by atoms with van der Waals surface area (Å²) in [5.41, 5.74) is -0.0895. The van der Waals surface area contributed by atoms with Gasteiger partial charge < -0.3 is 14.8 Å². The second kappa shape index (κ2) is 8.64. The van der Waals surface area contributed by atoms with Crippen LogP contribution in [0.25, 0.3) is 0 Å². The van der Waals surface area contributed by atoms with Crippen molar-refractivity contribution in [2.24, 2.45) is 0 Å². The molecule has 7 heteroatoms. The molecular weight excluding hydrogens is 330 g/mol. The lowest BCUT2D eigenvalue weighted by atomic mass is 10.1. The summed E-state index contributed by atoms with van der Waals surface area (Å²) < 4.78 is 37.1. The lowest BCUT2D eigenvalue weighted by molar-refractivity contribution is -0.122. The van der Waals surface area contributed by atoms with E-state index in [1.54, 1.807) is 37.4 Å². The van der Waals surface area contributed by atoms with E-state index in [-0.39, 0.29) is 18.6 Å². The fourth-order valence-electron chi connectivity index (χ4n) is 2.08. The van der Waals surface area contributed by atoms with Gasteiger partial charge in [0.05, 0.1) is 26.2 Å². The van der Waals surface area contributed by atoms with E-state index in [9.17, 15) is 13.6 Å². The third-order valence-electron chi connectivity index (χ3n) is 3.37. The van der Waals surface area contributed by atoms with Gasteiger partial charge in [0.25, 0.3) is 0 Å². The maximum atomic E-state index is 13.7. The molecule has 0 radical (unpaired) electrons. The minimum absolute atomic E-state index is 0.0208. The molecule has 0 fully saturated rings. The fraction of sp³-hybridized carbons (Fsp3) is 0.222. The predicted octanol–water partition coefficient (Wildman–Crippen LogP) is 3.12. The van der Waals surface area contributed by atoms with Crippen LogP contribution < -0.4 is 14.8 Å². The topological polar surface area (TPSA) is 71.3 Å². The molecule has 0 saturated heterocycles. The van der Waals surface area contributed by atoms with E-state index in [0.29, 0.717) is 17.6 Å². The van der Waals surface area contributed by atoms with Crippen LogP contribution in [0.5, 0.6) is 11.5 Å². The Labute approximate surface area is 143 Å². The summed E-state index contributed by atoms with van der Waals surface area (Å²) in [6.07, 6.45) is -0.0208. The molecule has 1 amide bonds. The third-order valence-corrected chi connectivity index (χ3v) is 3.37. The standard InChI is InChI=1S/C18H16F2N2O3/c1-24-13-3-5-14(6-4-13)25-9-8-18(23)22-17(11-21)15-7-2-12(19)10-16(15)20/h2-7,10,17H,8-9H2,1H3,(H,22,23). The van der Waals surface area contributed by atoms with Crippen molar-refractivity contribution in [3.8, 4) is 17.6 Å². The number of ether oxygens (including phenoxy) is 2. The summed E-state index contributed by atoms with van der Waals surface area (Å²) in [7, 11) is 1.55. The highest BCUT2D eigenvalue weighted by Gasteiger charge is 2.18. The second-order valence-corrected chi connectivity index (χ2v) is 5.07. The normalized spacial score (nSPS) is 11.3. The minimum Gasteiger partial charge on any atom is -0.497 e. The average molecular weight is 346 g/mol. The highest BCUT2D eigenvalue weighted by atomic mass is 19.1. The number of carbonyl (C=O) groups excluding carboxylic acids is 1. The zero-order valence-electron chi connectivity index (χ0n) is 13.5. The number of hydrogen-bond acceptors (Lipinski definition) is 4. The Morgan fingerprint density at radius 1 is 1.20 bits per heavy atom. The molecule has 2 aromatic rings. The van der Waals surface area contributed by atoms with Crippen molar-refractivity contribution in [3.63, 3.8) is 0 Å². The fourth-order valence-corrected chi connectivity index (χ4v) is 2.08. The monoisotopic (exact) mass is 346 g/mol. The zero-order chi connectivity index (χ0) is 18.2. The summed E-state index contributed by atoms with van der Waals surface area (Å²) in [5, 5.41) is 11.5. The number of rotatable bonds is 7. The quantitative estimate of drug-likeness (QED) is 0.836. The Bertz CT molecular complexity index is 773. The van der Waals surface area contributed by atoms with Crippen LogP contribution in [0.1, 0.15) is 18.0 Å². The molecular formula is C18H16F2N2O3. The van der Waals surface area contributed by atoms with E-state index >= 15 is 0 Å². The van der Waals surface area contributed by atoms with E-state index in [0.717, 1.165) is 12.1 Å². The van der Waals surface area contributed by atoms with E-state index in [4.69, 9.17) is 14.7 Å². The van der Waals surface area contributed by atoms with Crippen LogP contribution in [0.3, 0.4) is 0 Å². The number of nitrogens with one attached hydrogen (secondary N) is 1. The predicted molar refractivity (Wildman–Crippen MR) is 86.0 cm³/mol. The SMILES string of the molecule is COc1ccc(OCCC(=O)NC(C#N)c2ccc(F)cc2F)cc1. The van der Waals surface area contributed by atoms with Crippen molar-refractivity contribution in [3.05, 3.63) is 59.7 Å². The summed E-state index contributed by atoms with van der Waals surface area (Å²) >= 11 is 0. The molecule has 0 aromatic heterocycles. The van der Waals surface area contributed by atoms with Gasteiger partial charge in [0.1, 0.15) is 29.2 Å². The first-order chi connectivity index (χ1) is 12.0. The number of benzene rings is 2. The summed E-state index contributed by atoms with van der Waals surface area (Å²) in [5.74, 6) is -0.874. The number of amides is 1. The highest BCUT2D eigenvalue weighted by molar-refractivity contribution is 5.77. The van der Waals surface area contributed by atoms with Gasteiger partial charge in [-0.1, -0.05) is 6.07 Å². The van der Waals surface area contributed by atoms with Gasteiger partial charge in [0, 0.05) is 11.6 Å². The molecule has 1 N–H and O–H groups in total. The van der Waals surface area contributed by atoms with Crippen LogP contribution in [-0.2, 0) is 4.79 Å². The molecule has 1 atom stereocenters. The molecule has 130 valence electrons. The Balaban J connectivity index is 1.86. The van der Waals surface area contributed by atoms with Gasteiger partial charge in [0.2, 0.25) is 5.91 Å². The minimum atomic E-state index is -1.20. The van der Waals surface area contributed by atoms with Crippen LogP contribution in [0.4, 0.5) is 8.78 Å². The van der Waals surface area contributed by atoms with Gasteiger partial charge in [-0.15, -0.1) is 0 Å². The number of nitrogens with zero attached hydrogens (tertiary/aromatic N) is 1. The van der Waals surface area contributed by atoms with Gasteiger partial charge >= 0.3 is 0 Å². The van der Waals surface area contributed by atoms with E-state index in [2.05, 4.69) is 5.32 Å². The van der Waals surface area contributed by atoms with E-state index in [1.807, 2.05) is 0 Å². The van der Waals surface area contributed by atoms with Crippen LogP contribution in [0, 0.1) is 23.0 Å². The van der Waals surface area contributed by atoms with E-state index in [1.165, 1.54) is 0 Å². The van der Waals surface area contributed by atoms with Gasteiger partial charge in [-0.2, -0.15) is 5.26 Å². The Hall–Kier alpha value is -3.14. The third kappa shape index (κ3) is 5.18. The van der Waals surface area contributed by atoms with Gasteiger partial charge in [-0.25, -0.2) is 8.78 Å². The number of hydrogen-bond donors (Lipinski definition) is 1. The molecule has 2 rings (SSSR count). The first-order valence-corrected chi connectivity index (χ1v) is 7.44. The smallest absolute Gasteiger partial charge is 0.224 e. The second-order valence-electron chi connectivity index (χ2n) is 5.07. The van der Waals surface area contributed by atoms with Crippen molar-refractivity contribution in [1.29, 1.82) is 5.26 Å². The van der Waals surface area contributed by atoms with Crippen LogP contribution >= 0.6 is 0 Å². The average Bonchev–Trinajstić information content (AvgIpc) is 2.61. The van der Waals surface area contributed by atoms with E-state index < -0.39 is 23.6 Å². The summed E-state index contributed by atoms with van der Waals surface area (Å²) in [6, 6.07) is 10.2. The molecule has 2 aromatic carbocycles. The molecule has 0 aliphatic carbocycles. The molecule has 25 heavy (non-hydrogen) atoms. The van der Waals surface area contributed by atoms with Crippen LogP contribution in [-0.4, -0.2) is 19.6 Å². The number of methoxy groups -OCH3 is 1. The van der Waals surface area contributed by atoms with Crippen molar-refractivity contribution in [1.82, 2.24) is 5.32 Å². The molecule has 0 saturated carbocycles. The summed E-state index contributed by atoms with van der Waals surface area (Å²) in [4.78, 5) is 11.9. The molecule has 0 aliphatic heterocycles. The van der Waals surface area contributed by atoms with Gasteiger partial charge in [-0.05, 0) is 30.3 Å². The highest BCUT2D eigenvalue weighted by Crippen LogP contribution is 2.19. The Morgan fingerprint density at radius 2 is 1.88 bits per heavy atom. The maximum Gasteiger partial charge on any atom is 0.224 e. The number of nitriles is 1. The Kier molecular flexibility index (Phi) is 6.29. The Morgan fingerprint density at radius 3 is 2.48 bits per heavy atom. The molecule has 5 nitrogen and oxygen atoms in total. The zero-order valence-corrected chi connectivity index (χ0v) is 13.5. The van der Waals surface area contributed by atoms with Crippen LogP contribution in [0.15, 0.2) is 42.5 Å². The number of halogens is 2. The molecule has 1 unspecified atom stereocenters. The first kappa shape index (κ1) is 18.2. The molecule has 0 spiro atoms. The lowest BCUT2D eigenvalue weighted by Crippen LogP contribution is -2.29. The molecule has 0 bridgehead atoms. The molecule has 0 aliphatic rings. The largest absolute Gasteiger partial charge is 0.497 e. The first-order valence-electron chi connectivity index (χ1n) is 7.44. The molecule has 0 heterocycles. The van der Waals surface area contributed by atoms with Gasteiger partial charge in [0.15, 0.2) is 0 Å². The van der Waals surface area contributed by atoms with Crippen molar-refractivity contribution in [2.45, 2.75) is 12.5 Å². The van der Waals surface area contributed by atoms with Crippen molar-refractivity contribution >= 4 is 5.91 Å². The van der Waals surface area contributed by atoms with Crippen molar-refractivity contribution in [2.75, 3.05) is 13.7 Å². The lowest BCUT2D eigenvalue weighted by Gasteiger charge is -2.13.